The summed E-state index contributed by atoms with van der Waals surface area (Å²) in [5.41, 5.74) is -0.444. The van der Waals surface area contributed by atoms with Crippen LogP contribution in [-0.4, -0.2) is 18.5 Å². The maximum Gasteiger partial charge on any atom is 0.320 e. The van der Waals surface area contributed by atoms with E-state index < -0.39 is 16.4 Å². The van der Waals surface area contributed by atoms with Gasteiger partial charge in [0.25, 0.3) is 0 Å². The summed E-state index contributed by atoms with van der Waals surface area (Å²) in [7, 11) is 1.78. The van der Waals surface area contributed by atoms with Gasteiger partial charge in [0.15, 0.2) is 0 Å². The van der Waals surface area contributed by atoms with Gasteiger partial charge in [-0.15, -0.1) is 0 Å². The van der Waals surface area contributed by atoms with E-state index in [9.17, 15) is 14.5 Å². The maximum atomic E-state index is 13.2. The zero-order valence-corrected chi connectivity index (χ0v) is 8.79. The average Bonchev–Trinajstić information content (AvgIpc) is 2.24. The summed E-state index contributed by atoms with van der Waals surface area (Å²) >= 11 is 0. The molecule has 4 nitrogen and oxygen atoms in total. The molecule has 84 valence electrons. The van der Waals surface area contributed by atoms with Crippen LogP contribution in [-0.2, 0) is 0 Å². The van der Waals surface area contributed by atoms with Crippen molar-refractivity contribution < 1.29 is 9.31 Å². The van der Waals surface area contributed by atoms with Crippen molar-refractivity contribution in [1.29, 1.82) is 0 Å². The molecule has 1 aromatic carbocycles. The number of halogens is 1. The fourth-order valence-corrected chi connectivity index (χ4v) is 1.15. The van der Waals surface area contributed by atoms with E-state index in [0.717, 1.165) is 6.07 Å². The van der Waals surface area contributed by atoms with Crippen molar-refractivity contribution in [2.24, 2.45) is 0 Å². The summed E-state index contributed by atoms with van der Waals surface area (Å²) in [6.45, 7) is 0.691. The minimum absolute atomic E-state index is 0.112. The van der Waals surface area contributed by atoms with E-state index >= 15 is 0 Å². The fourth-order valence-electron chi connectivity index (χ4n) is 1.15. The van der Waals surface area contributed by atoms with E-state index in [1.807, 2.05) is 0 Å². The van der Waals surface area contributed by atoms with E-state index in [4.69, 9.17) is 0 Å². The molecule has 16 heavy (non-hydrogen) atoms. The second kappa shape index (κ2) is 5.83. The number of hydrogen-bond donors (Lipinski definition) is 1. The minimum atomic E-state index is -0.856. The van der Waals surface area contributed by atoms with Gasteiger partial charge in [0, 0.05) is 13.0 Å². The van der Waals surface area contributed by atoms with Crippen LogP contribution in [0.15, 0.2) is 18.2 Å². The summed E-state index contributed by atoms with van der Waals surface area (Å²) in [4.78, 5) is 9.86. The molecule has 0 heterocycles. The molecule has 1 rings (SSSR count). The summed E-state index contributed by atoms with van der Waals surface area (Å²) in [6, 6.07) is 3.90. The normalized spacial score (nSPS) is 9.38. The molecule has 0 radical (unpaired) electrons. The smallest absolute Gasteiger partial charge is 0.319 e. The van der Waals surface area contributed by atoms with Crippen LogP contribution in [0.4, 0.5) is 10.1 Å². The van der Waals surface area contributed by atoms with E-state index in [2.05, 4.69) is 17.2 Å². The molecule has 0 aliphatic rings. The van der Waals surface area contributed by atoms with Gasteiger partial charge in [0.1, 0.15) is 5.56 Å². The highest BCUT2D eigenvalue weighted by Gasteiger charge is 2.17. The van der Waals surface area contributed by atoms with Gasteiger partial charge < -0.3 is 5.32 Å². The molecule has 0 saturated heterocycles. The quantitative estimate of drug-likeness (QED) is 0.366. The highest BCUT2D eigenvalue weighted by Crippen LogP contribution is 2.21. The summed E-state index contributed by atoms with van der Waals surface area (Å²) in [6.07, 6.45) is 0.560. The molecule has 0 atom stereocenters. The van der Waals surface area contributed by atoms with Crippen molar-refractivity contribution in [3.63, 3.8) is 0 Å². The molecule has 0 fully saturated rings. The first-order valence-corrected chi connectivity index (χ1v) is 4.73. The maximum absolute atomic E-state index is 13.2. The van der Waals surface area contributed by atoms with Crippen LogP contribution < -0.4 is 5.32 Å². The second-order valence-corrected chi connectivity index (χ2v) is 3.05. The Hall–Kier alpha value is -1.93. The molecule has 1 N–H and O–H groups in total. The van der Waals surface area contributed by atoms with Gasteiger partial charge in [-0.3, -0.25) is 10.1 Å². The first-order valence-electron chi connectivity index (χ1n) is 4.73. The molecular weight excluding hydrogens is 211 g/mol. The number of nitro groups is 1. The van der Waals surface area contributed by atoms with E-state index in [1.54, 1.807) is 7.05 Å². The molecule has 0 bridgehead atoms. The zero-order chi connectivity index (χ0) is 12.0. The summed E-state index contributed by atoms with van der Waals surface area (Å²) < 4.78 is 13.2. The molecule has 0 amide bonds. The van der Waals surface area contributed by atoms with Gasteiger partial charge >= 0.3 is 5.69 Å². The SMILES string of the molecule is CNCCC#Cc1cccc(F)c1[N+](=O)[O-]. The van der Waals surface area contributed by atoms with Crippen molar-refractivity contribution in [2.45, 2.75) is 6.42 Å². The lowest BCUT2D eigenvalue weighted by Gasteiger charge is -1.96. The largest absolute Gasteiger partial charge is 0.320 e. The standard InChI is InChI=1S/C11H11FN2O2/c1-13-8-3-2-5-9-6-4-7-10(12)11(9)14(15)16/h4,6-7,13H,3,8H2,1H3. The van der Waals surface area contributed by atoms with Crippen molar-refractivity contribution in [3.8, 4) is 11.8 Å². The highest BCUT2D eigenvalue weighted by atomic mass is 19.1. The lowest BCUT2D eigenvalue weighted by Crippen LogP contribution is -2.06. The van der Waals surface area contributed by atoms with E-state index in [-0.39, 0.29) is 5.56 Å². The van der Waals surface area contributed by atoms with Gasteiger partial charge in [-0.1, -0.05) is 17.9 Å². The monoisotopic (exact) mass is 222 g/mol. The third-order valence-electron chi connectivity index (χ3n) is 1.89. The topological polar surface area (TPSA) is 55.2 Å². The molecule has 0 spiro atoms. The Bertz CT molecular complexity index is 449. The van der Waals surface area contributed by atoms with Gasteiger partial charge in [0.2, 0.25) is 5.82 Å². The highest BCUT2D eigenvalue weighted by molar-refractivity contribution is 5.51. The van der Waals surface area contributed by atoms with Crippen molar-refractivity contribution >= 4 is 5.69 Å². The molecule has 1 aromatic rings. The molecule has 0 aliphatic heterocycles. The van der Waals surface area contributed by atoms with Crippen LogP contribution in [0.2, 0.25) is 0 Å². The van der Waals surface area contributed by atoms with Crippen LogP contribution in [0.5, 0.6) is 0 Å². The van der Waals surface area contributed by atoms with Crippen LogP contribution in [0.25, 0.3) is 0 Å². The molecule has 0 saturated carbocycles. The van der Waals surface area contributed by atoms with Gasteiger partial charge in [-0.05, 0) is 19.2 Å². The van der Waals surface area contributed by atoms with Crippen LogP contribution in [0, 0.1) is 27.8 Å². The molecule has 0 aliphatic carbocycles. The number of nitrogens with one attached hydrogen (secondary N) is 1. The number of benzene rings is 1. The number of para-hydroxylation sites is 1. The molecule has 0 unspecified atom stereocenters. The summed E-state index contributed by atoms with van der Waals surface area (Å²) in [5, 5.41) is 13.5. The molecule has 5 heteroatoms. The second-order valence-electron chi connectivity index (χ2n) is 3.05. The third kappa shape index (κ3) is 3.04. The number of rotatable bonds is 3. The van der Waals surface area contributed by atoms with Crippen LogP contribution >= 0.6 is 0 Å². The lowest BCUT2D eigenvalue weighted by molar-refractivity contribution is -0.387. The Morgan fingerprint density at radius 3 is 2.94 bits per heavy atom. The predicted octanol–water partition coefficient (Wildman–Crippen LogP) is 1.69. The van der Waals surface area contributed by atoms with Crippen LogP contribution in [0.1, 0.15) is 12.0 Å². The Labute approximate surface area is 92.6 Å². The average molecular weight is 222 g/mol. The van der Waals surface area contributed by atoms with Crippen molar-refractivity contribution in [2.75, 3.05) is 13.6 Å². The van der Waals surface area contributed by atoms with E-state index in [0.29, 0.717) is 13.0 Å². The first-order chi connectivity index (χ1) is 7.66. The fraction of sp³-hybridized carbons (Fsp3) is 0.273. The minimum Gasteiger partial charge on any atom is -0.319 e. The number of hydrogen-bond acceptors (Lipinski definition) is 3. The Morgan fingerprint density at radius 1 is 1.56 bits per heavy atom. The van der Waals surface area contributed by atoms with Gasteiger partial charge in [0.05, 0.1) is 4.92 Å². The van der Waals surface area contributed by atoms with Crippen LogP contribution in [0.3, 0.4) is 0 Å². The van der Waals surface area contributed by atoms with E-state index in [1.165, 1.54) is 12.1 Å². The van der Waals surface area contributed by atoms with Crippen molar-refractivity contribution in [3.05, 3.63) is 39.7 Å². The number of nitrogens with zero attached hydrogens (tertiary/aromatic N) is 1. The molecule has 0 aromatic heterocycles. The third-order valence-corrected chi connectivity index (χ3v) is 1.89. The Morgan fingerprint density at radius 2 is 2.31 bits per heavy atom. The Kier molecular flexibility index (Phi) is 4.42. The predicted molar refractivity (Wildman–Crippen MR) is 58.5 cm³/mol. The zero-order valence-electron chi connectivity index (χ0n) is 8.79. The van der Waals surface area contributed by atoms with Gasteiger partial charge in [-0.2, -0.15) is 4.39 Å². The van der Waals surface area contributed by atoms with Crippen molar-refractivity contribution in [1.82, 2.24) is 5.32 Å². The Balaban J connectivity index is 2.98. The number of nitro benzene ring substituents is 1. The first kappa shape index (κ1) is 12.1. The van der Waals surface area contributed by atoms with Gasteiger partial charge in [-0.25, -0.2) is 0 Å². The molecular formula is C11H11FN2O2. The summed E-state index contributed by atoms with van der Waals surface area (Å²) in [5.74, 6) is 4.48. The lowest BCUT2D eigenvalue weighted by atomic mass is 10.1.